The predicted molar refractivity (Wildman–Crippen MR) is 106 cm³/mol. The van der Waals surface area contributed by atoms with Crippen LogP contribution in [0.1, 0.15) is 10.4 Å². The Labute approximate surface area is 161 Å². The highest BCUT2D eigenvalue weighted by Crippen LogP contribution is 2.26. The Morgan fingerprint density at radius 2 is 1.25 bits per heavy atom. The molecule has 0 aliphatic rings. The van der Waals surface area contributed by atoms with Crippen LogP contribution in [0.3, 0.4) is 0 Å². The maximum absolute atomic E-state index is 11.0. The van der Waals surface area contributed by atoms with Crippen molar-refractivity contribution in [1.82, 2.24) is 0 Å². The number of aromatic hydroxyl groups is 1. The first-order valence-electron chi connectivity index (χ1n) is 8.18. The number of phenols is 1. The average Bonchev–Trinajstić information content (AvgIpc) is 2.67. The monoisotopic (exact) mass is 396 g/mol. The third-order valence-corrected chi connectivity index (χ3v) is 5.06. The van der Waals surface area contributed by atoms with Crippen LogP contribution in [-0.2, 0) is 10.1 Å². The van der Waals surface area contributed by atoms with Crippen LogP contribution in [0.5, 0.6) is 5.75 Å². The number of hydrogen-bond acceptors (Lipinski definition) is 4. The molecule has 0 unspecified atom stereocenters. The molecule has 6 nitrogen and oxygen atoms in total. The summed E-state index contributed by atoms with van der Waals surface area (Å²) in [6.45, 7) is 0. The van der Waals surface area contributed by atoms with E-state index in [2.05, 4.69) is 0 Å². The first-order chi connectivity index (χ1) is 13.3. The fourth-order valence-corrected chi connectivity index (χ4v) is 3.62. The SMILES string of the molecule is O=C(O)c1c(O)ccc2ccccc12.O=S(=O)(O)c1cccc2ccccc12. The number of hydrogen-bond donors (Lipinski definition) is 3. The lowest BCUT2D eigenvalue weighted by molar-refractivity contribution is 0.0696. The van der Waals surface area contributed by atoms with Crippen molar-refractivity contribution in [1.29, 1.82) is 0 Å². The van der Waals surface area contributed by atoms with E-state index >= 15 is 0 Å². The molecule has 0 aliphatic carbocycles. The van der Waals surface area contributed by atoms with Crippen LogP contribution in [0, 0.1) is 0 Å². The van der Waals surface area contributed by atoms with Gasteiger partial charge >= 0.3 is 5.97 Å². The summed E-state index contributed by atoms with van der Waals surface area (Å²) in [5.41, 5.74) is -0.0388. The van der Waals surface area contributed by atoms with Gasteiger partial charge in [-0.3, -0.25) is 4.55 Å². The molecule has 0 radical (unpaired) electrons. The zero-order valence-electron chi connectivity index (χ0n) is 14.5. The minimum Gasteiger partial charge on any atom is -0.507 e. The van der Waals surface area contributed by atoms with Gasteiger partial charge in [-0.05, 0) is 28.3 Å². The van der Waals surface area contributed by atoms with Gasteiger partial charge < -0.3 is 10.2 Å². The highest BCUT2D eigenvalue weighted by molar-refractivity contribution is 7.86. The topological polar surface area (TPSA) is 112 Å². The van der Waals surface area contributed by atoms with Gasteiger partial charge in [-0.2, -0.15) is 8.42 Å². The number of aromatic carboxylic acids is 1. The number of fused-ring (bicyclic) bond motifs is 2. The van der Waals surface area contributed by atoms with E-state index in [0.29, 0.717) is 10.8 Å². The van der Waals surface area contributed by atoms with Gasteiger partial charge in [0.25, 0.3) is 10.1 Å². The second-order valence-electron chi connectivity index (χ2n) is 5.94. The summed E-state index contributed by atoms with van der Waals surface area (Å²) in [6, 6.07) is 21.9. The third-order valence-electron chi connectivity index (χ3n) is 4.15. The maximum Gasteiger partial charge on any atom is 0.340 e. The summed E-state index contributed by atoms with van der Waals surface area (Å²) < 4.78 is 31.0. The Morgan fingerprint density at radius 1 is 0.714 bits per heavy atom. The lowest BCUT2D eigenvalue weighted by Crippen LogP contribution is -1.98. The molecule has 4 rings (SSSR count). The molecule has 142 valence electrons. The number of carboxylic acid groups (broad SMARTS) is 1. The highest BCUT2D eigenvalue weighted by atomic mass is 32.2. The van der Waals surface area contributed by atoms with E-state index in [0.717, 1.165) is 10.8 Å². The minimum atomic E-state index is -4.13. The number of rotatable bonds is 2. The fraction of sp³-hybridized carbons (Fsp3) is 0. The zero-order chi connectivity index (χ0) is 20.3. The summed E-state index contributed by atoms with van der Waals surface area (Å²) in [4.78, 5) is 10.8. The molecule has 3 N–H and O–H groups in total. The second kappa shape index (κ2) is 7.67. The molecule has 0 aliphatic heterocycles. The molecule has 7 heteroatoms. The zero-order valence-corrected chi connectivity index (χ0v) is 15.3. The molecular formula is C21H16O6S. The van der Waals surface area contributed by atoms with Crippen LogP contribution in [0.4, 0.5) is 0 Å². The van der Waals surface area contributed by atoms with Crippen molar-refractivity contribution in [3.63, 3.8) is 0 Å². The Hall–Kier alpha value is -3.42. The molecule has 0 amide bonds. The van der Waals surface area contributed by atoms with Crippen molar-refractivity contribution in [3.05, 3.63) is 84.4 Å². The molecule has 0 atom stereocenters. The van der Waals surface area contributed by atoms with E-state index < -0.39 is 16.1 Å². The van der Waals surface area contributed by atoms with E-state index in [1.165, 1.54) is 12.1 Å². The summed E-state index contributed by atoms with van der Waals surface area (Å²) in [5, 5.41) is 21.0. The van der Waals surface area contributed by atoms with Gasteiger partial charge in [-0.1, -0.05) is 66.7 Å². The molecule has 0 saturated heterocycles. The quantitative estimate of drug-likeness (QED) is 0.435. The Bertz CT molecular complexity index is 1270. The van der Waals surface area contributed by atoms with E-state index in [-0.39, 0.29) is 16.2 Å². The van der Waals surface area contributed by atoms with Crippen molar-refractivity contribution >= 4 is 37.6 Å². The van der Waals surface area contributed by atoms with Crippen molar-refractivity contribution in [2.24, 2.45) is 0 Å². The number of carboxylic acids is 1. The molecule has 4 aromatic rings. The van der Waals surface area contributed by atoms with Crippen LogP contribution >= 0.6 is 0 Å². The first-order valence-corrected chi connectivity index (χ1v) is 9.62. The lowest BCUT2D eigenvalue weighted by atomic mass is 10.0. The maximum atomic E-state index is 11.0. The fourth-order valence-electron chi connectivity index (χ4n) is 2.91. The van der Waals surface area contributed by atoms with Gasteiger partial charge in [0.2, 0.25) is 0 Å². The molecule has 0 heterocycles. The number of benzene rings is 4. The molecule has 0 spiro atoms. The third kappa shape index (κ3) is 3.95. The Kier molecular flexibility index (Phi) is 5.30. The Morgan fingerprint density at radius 3 is 1.86 bits per heavy atom. The van der Waals surface area contributed by atoms with Crippen LogP contribution in [0.15, 0.2) is 83.8 Å². The van der Waals surface area contributed by atoms with Gasteiger partial charge in [0.1, 0.15) is 16.2 Å². The second-order valence-corrected chi connectivity index (χ2v) is 7.33. The molecule has 4 aromatic carbocycles. The largest absolute Gasteiger partial charge is 0.507 e. The molecule has 0 aromatic heterocycles. The van der Waals surface area contributed by atoms with Crippen LogP contribution in [0.25, 0.3) is 21.5 Å². The molecule has 0 bridgehead atoms. The van der Waals surface area contributed by atoms with Crippen LogP contribution in [-0.4, -0.2) is 29.2 Å². The summed E-state index contributed by atoms with van der Waals surface area (Å²) in [5.74, 6) is -1.31. The Balaban J connectivity index is 0.000000161. The number of carbonyl (C=O) groups is 1. The highest BCUT2D eigenvalue weighted by Gasteiger charge is 2.13. The summed E-state index contributed by atoms with van der Waals surface area (Å²) in [7, 11) is -4.13. The average molecular weight is 396 g/mol. The molecular weight excluding hydrogens is 380 g/mol. The van der Waals surface area contributed by atoms with E-state index in [9.17, 15) is 18.3 Å². The summed E-state index contributed by atoms with van der Waals surface area (Å²) in [6.07, 6.45) is 0. The van der Waals surface area contributed by atoms with Gasteiger partial charge in [-0.25, -0.2) is 4.79 Å². The van der Waals surface area contributed by atoms with E-state index in [4.69, 9.17) is 9.66 Å². The molecule has 0 saturated carbocycles. The van der Waals surface area contributed by atoms with E-state index in [1.807, 2.05) is 12.1 Å². The van der Waals surface area contributed by atoms with Crippen molar-refractivity contribution < 1.29 is 28.0 Å². The molecule has 28 heavy (non-hydrogen) atoms. The van der Waals surface area contributed by atoms with Gasteiger partial charge in [0.15, 0.2) is 0 Å². The van der Waals surface area contributed by atoms with E-state index in [1.54, 1.807) is 54.6 Å². The smallest absolute Gasteiger partial charge is 0.340 e. The minimum absolute atomic E-state index is 0.0388. The van der Waals surface area contributed by atoms with Crippen LogP contribution in [0.2, 0.25) is 0 Å². The molecule has 0 fully saturated rings. The standard InChI is InChI=1S/C11H8O3.C10H8O3S/c12-9-6-5-7-3-1-2-4-8(7)10(9)11(13)14;11-14(12,13)10-7-3-5-8-4-1-2-6-9(8)10/h1-6,12H,(H,13,14);1-7H,(H,11,12,13). The summed E-state index contributed by atoms with van der Waals surface area (Å²) >= 11 is 0. The van der Waals surface area contributed by atoms with Crippen molar-refractivity contribution in [2.75, 3.05) is 0 Å². The first kappa shape index (κ1) is 19.3. The van der Waals surface area contributed by atoms with Crippen molar-refractivity contribution in [2.45, 2.75) is 4.90 Å². The van der Waals surface area contributed by atoms with Gasteiger partial charge in [-0.15, -0.1) is 0 Å². The normalized spacial score (nSPS) is 11.0. The predicted octanol–water partition coefficient (Wildman–Crippen LogP) is 4.33. The lowest BCUT2D eigenvalue weighted by Gasteiger charge is -2.03. The van der Waals surface area contributed by atoms with Gasteiger partial charge in [0, 0.05) is 5.39 Å². The van der Waals surface area contributed by atoms with Crippen molar-refractivity contribution in [3.8, 4) is 5.75 Å². The van der Waals surface area contributed by atoms with Gasteiger partial charge in [0.05, 0.1) is 0 Å². The van der Waals surface area contributed by atoms with Crippen LogP contribution < -0.4 is 0 Å².